The quantitative estimate of drug-likeness (QED) is 0.715. The lowest BCUT2D eigenvalue weighted by molar-refractivity contribution is -0.132. The molecule has 2 amide bonds. The summed E-state index contributed by atoms with van der Waals surface area (Å²) in [7, 11) is 0. The fourth-order valence-corrected chi connectivity index (χ4v) is 4.02. The predicted octanol–water partition coefficient (Wildman–Crippen LogP) is 4.05. The minimum absolute atomic E-state index is 0.0112. The van der Waals surface area contributed by atoms with Crippen molar-refractivity contribution in [2.24, 2.45) is 5.92 Å². The number of amides is 2. The molecule has 0 spiro atoms. The molecular weight excluding hydrogens is 372 g/mol. The highest BCUT2D eigenvalue weighted by atomic mass is 32.2. The number of carbonyl (C=O) groups excluding carboxylic acids is 2. The molecule has 1 N–H and O–H groups in total. The summed E-state index contributed by atoms with van der Waals surface area (Å²) < 4.78 is 5.44. The SMILES string of the molecule is CCOc1ccc(SCC(=O)N2CCCC(C(=O)Nc3ccccc3)C2)cc1. The molecule has 0 aromatic heterocycles. The Bertz CT molecular complexity index is 780. The molecule has 0 bridgehead atoms. The molecule has 0 aliphatic carbocycles. The summed E-state index contributed by atoms with van der Waals surface area (Å²) in [5.74, 6) is 1.12. The molecule has 6 heteroatoms. The fourth-order valence-electron chi connectivity index (χ4n) is 3.22. The van der Waals surface area contributed by atoms with Crippen LogP contribution in [0.1, 0.15) is 19.8 Å². The highest BCUT2D eigenvalue weighted by Crippen LogP contribution is 2.24. The number of benzene rings is 2. The number of hydrogen-bond acceptors (Lipinski definition) is 4. The van der Waals surface area contributed by atoms with Gasteiger partial charge >= 0.3 is 0 Å². The van der Waals surface area contributed by atoms with Crippen LogP contribution in [-0.2, 0) is 9.59 Å². The number of hydrogen-bond donors (Lipinski definition) is 1. The second kappa shape index (κ2) is 10.2. The number of piperidine rings is 1. The molecular formula is C22H26N2O3S. The van der Waals surface area contributed by atoms with E-state index in [4.69, 9.17) is 4.74 Å². The number of carbonyl (C=O) groups is 2. The molecule has 1 aliphatic rings. The molecule has 1 aliphatic heterocycles. The maximum Gasteiger partial charge on any atom is 0.232 e. The number of anilines is 1. The Labute approximate surface area is 170 Å². The number of likely N-dealkylation sites (tertiary alicyclic amines) is 1. The summed E-state index contributed by atoms with van der Waals surface area (Å²) in [5, 5.41) is 2.95. The minimum Gasteiger partial charge on any atom is -0.494 e. The summed E-state index contributed by atoms with van der Waals surface area (Å²) in [4.78, 5) is 28.0. The number of nitrogens with zero attached hydrogens (tertiary/aromatic N) is 1. The van der Waals surface area contributed by atoms with E-state index in [9.17, 15) is 9.59 Å². The fraction of sp³-hybridized carbons (Fsp3) is 0.364. The molecule has 0 radical (unpaired) electrons. The Balaban J connectivity index is 1.49. The average molecular weight is 399 g/mol. The van der Waals surface area contributed by atoms with Crippen molar-refractivity contribution in [1.29, 1.82) is 0 Å². The molecule has 0 saturated carbocycles. The highest BCUT2D eigenvalue weighted by molar-refractivity contribution is 8.00. The largest absolute Gasteiger partial charge is 0.494 e. The van der Waals surface area contributed by atoms with Crippen molar-refractivity contribution in [2.75, 3.05) is 30.8 Å². The van der Waals surface area contributed by atoms with Gasteiger partial charge in [0, 0.05) is 23.7 Å². The van der Waals surface area contributed by atoms with Crippen LogP contribution in [-0.4, -0.2) is 42.2 Å². The first kappa shape index (κ1) is 20.3. The normalized spacial score (nSPS) is 16.5. The third-order valence-electron chi connectivity index (χ3n) is 4.68. The molecule has 2 aromatic rings. The zero-order valence-corrected chi connectivity index (χ0v) is 16.9. The number of para-hydroxylation sites is 1. The van der Waals surface area contributed by atoms with E-state index in [-0.39, 0.29) is 17.7 Å². The van der Waals surface area contributed by atoms with E-state index in [0.717, 1.165) is 35.7 Å². The van der Waals surface area contributed by atoms with Crippen LogP contribution >= 0.6 is 11.8 Å². The van der Waals surface area contributed by atoms with Crippen molar-refractivity contribution in [3.05, 3.63) is 54.6 Å². The third-order valence-corrected chi connectivity index (χ3v) is 5.68. The van der Waals surface area contributed by atoms with E-state index in [2.05, 4.69) is 5.32 Å². The van der Waals surface area contributed by atoms with Gasteiger partial charge in [0.05, 0.1) is 18.3 Å². The molecule has 1 atom stereocenters. The highest BCUT2D eigenvalue weighted by Gasteiger charge is 2.28. The topological polar surface area (TPSA) is 58.6 Å². The number of thioether (sulfide) groups is 1. The van der Waals surface area contributed by atoms with E-state index < -0.39 is 0 Å². The van der Waals surface area contributed by atoms with Gasteiger partial charge in [-0.3, -0.25) is 9.59 Å². The summed E-state index contributed by atoms with van der Waals surface area (Å²) in [6, 6.07) is 17.2. The van der Waals surface area contributed by atoms with E-state index in [1.54, 1.807) is 0 Å². The van der Waals surface area contributed by atoms with Crippen LogP contribution in [0.5, 0.6) is 5.75 Å². The van der Waals surface area contributed by atoms with Crippen molar-refractivity contribution >= 4 is 29.3 Å². The Kier molecular flexibility index (Phi) is 7.37. The monoisotopic (exact) mass is 398 g/mol. The van der Waals surface area contributed by atoms with Crippen LogP contribution in [0.15, 0.2) is 59.5 Å². The van der Waals surface area contributed by atoms with Gasteiger partial charge in [0.2, 0.25) is 11.8 Å². The van der Waals surface area contributed by atoms with Crippen molar-refractivity contribution in [3.8, 4) is 5.75 Å². The lowest BCUT2D eigenvalue weighted by Crippen LogP contribution is -2.44. The first-order valence-electron chi connectivity index (χ1n) is 9.65. The molecule has 3 rings (SSSR count). The summed E-state index contributed by atoms with van der Waals surface area (Å²) in [5.41, 5.74) is 0.794. The second-order valence-electron chi connectivity index (χ2n) is 6.73. The summed E-state index contributed by atoms with van der Waals surface area (Å²) >= 11 is 1.51. The molecule has 2 aromatic carbocycles. The minimum atomic E-state index is -0.159. The predicted molar refractivity (Wildman–Crippen MR) is 113 cm³/mol. The number of rotatable bonds is 7. The molecule has 1 saturated heterocycles. The van der Waals surface area contributed by atoms with Gasteiger partial charge in [-0.1, -0.05) is 18.2 Å². The van der Waals surface area contributed by atoms with Crippen LogP contribution in [0, 0.1) is 5.92 Å². The van der Waals surface area contributed by atoms with Crippen molar-refractivity contribution in [2.45, 2.75) is 24.7 Å². The maximum atomic E-state index is 12.6. The van der Waals surface area contributed by atoms with Crippen LogP contribution in [0.2, 0.25) is 0 Å². The van der Waals surface area contributed by atoms with E-state index in [0.29, 0.717) is 18.9 Å². The molecule has 5 nitrogen and oxygen atoms in total. The van der Waals surface area contributed by atoms with Gasteiger partial charge in [-0.25, -0.2) is 0 Å². The third kappa shape index (κ3) is 5.76. The van der Waals surface area contributed by atoms with Crippen molar-refractivity contribution in [1.82, 2.24) is 4.90 Å². The van der Waals surface area contributed by atoms with Crippen molar-refractivity contribution in [3.63, 3.8) is 0 Å². The lowest BCUT2D eigenvalue weighted by atomic mass is 9.97. The van der Waals surface area contributed by atoms with Gasteiger partial charge in [0.1, 0.15) is 5.75 Å². The Morgan fingerprint density at radius 1 is 1.14 bits per heavy atom. The van der Waals surface area contributed by atoms with Gasteiger partial charge in [0.15, 0.2) is 0 Å². The van der Waals surface area contributed by atoms with E-state index >= 15 is 0 Å². The molecule has 1 fully saturated rings. The maximum absolute atomic E-state index is 12.6. The van der Waals surface area contributed by atoms with Gasteiger partial charge in [-0.05, 0) is 56.2 Å². The van der Waals surface area contributed by atoms with Gasteiger partial charge in [0.25, 0.3) is 0 Å². The van der Waals surface area contributed by atoms with Gasteiger partial charge < -0.3 is 15.0 Å². The molecule has 1 unspecified atom stereocenters. The average Bonchev–Trinajstić information content (AvgIpc) is 2.74. The zero-order valence-electron chi connectivity index (χ0n) is 16.1. The Morgan fingerprint density at radius 2 is 1.89 bits per heavy atom. The molecule has 28 heavy (non-hydrogen) atoms. The Morgan fingerprint density at radius 3 is 2.61 bits per heavy atom. The smallest absolute Gasteiger partial charge is 0.232 e. The van der Waals surface area contributed by atoms with Gasteiger partial charge in [-0.15, -0.1) is 11.8 Å². The molecule has 1 heterocycles. The first-order chi connectivity index (χ1) is 13.7. The summed E-state index contributed by atoms with van der Waals surface area (Å²) in [6.45, 7) is 3.80. The number of ether oxygens (including phenoxy) is 1. The van der Waals surface area contributed by atoms with Gasteiger partial charge in [-0.2, -0.15) is 0 Å². The van der Waals surface area contributed by atoms with Crippen molar-refractivity contribution < 1.29 is 14.3 Å². The van der Waals surface area contributed by atoms with Crippen LogP contribution in [0.4, 0.5) is 5.69 Å². The summed E-state index contributed by atoms with van der Waals surface area (Å²) in [6.07, 6.45) is 1.67. The number of nitrogens with one attached hydrogen (secondary N) is 1. The van der Waals surface area contributed by atoms with E-state index in [1.807, 2.05) is 66.4 Å². The zero-order chi connectivity index (χ0) is 19.8. The van der Waals surface area contributed by atoms with Crippen LogP contribution in [0.3, 0.4) is 0 Å². The van der Waals surface area contributed by atoms with Crippen LogP contribution in [0.25, 0.3) is 0 Å². The van der Waals surface area contributed by atoms with Crippen LogP contribution < -0.4 is 10.1 Å². The second-order valence-corrected chi connectivity index (χ2v) is 7.78. The first-order valence-corrected chi connectivity index (χ1v) is 10.6. The standard InChI is InChI=1S/C22H26N2O3S/c1-2-27-19-10-12-20(13-11-19)28-16-21(25)24-14-6-7-17(15-24)22(26)23-18-8-4-3-5-9-18/h3-5,8-13,17H,2,6-7,14-16H2,1H3,(H,23,26). The lowest BCUT2D eigenvalue weighted by Gasteiger charge is -2.32. The molecule has 148 valence electrons. The van der Waals surface area contributed by atoms with E-state index in [1.165, 1.54) is 11.8 Å². The Hall–Kier alpha value is -2.47.